The van der Waals surface area contributed by atoms with Crippen molar-refractivity contribution in [3.8, 4) is 0 Å². The summed E-state index contributed by atoms with van der Waals surface area (Å²) in [4.78, 5) is 50.3. The van der Waals surface area contributed by atoms with Gasteiger partial charge in [-0.3, -0.25) is 29.6 Å². The quantitative estimate of drug-likeness (QED) is 0.0397. The van der Waals surface area contributed by atoms with Gasteiger partial charge in [-0.25, -0.2) is 4.79 Å². The number of aromatic nitrogens is 1. The standard InChI is InChI=1S/C21H27N5O8S2.C6H6O3S/c1-10(34-19(30)21(2,3)4)33-18(29)12-5-6-35-17-11(16(28)26(12)17)7-32-9-25-13(8-36-20(25)23)14(24-31)15(22)27;7-10(8,9)6-4-2-1-3-5-6/h5,8,10-11,17,23H,6-7,9H2,1-4H3,(H3,22,27,31);1-5H,(H,7,8,9)/p+1/t10?,11?,17-;/m0./s1. The van der Waals surface area contributed by atoms with Crippen LogP contribution in [0.15, 0.2) is 57.5 Å². The van der Waals surface area contributed by atoms with Gasteiger partial charge in [0.2, 0.25) is 17.9 Å². The number of carbonyl (C=O) groups excluding carboxylic acids is 4. The van der Waals surface area contributed by atoms with Crippen LogP contribution in [0, 0.1) is 11.3 Å². The number of thioether (sulfide) groups is 1. The molecule has 1 fully saturated rings. The molecule has 4 rings (SSSR count). The van der Waals surface area contributed by atoms with E-state index in [9.17, 15) is 27.6 Å². The maximum absolute atomic E-state index is 12.8. The second-order valence-electron chi connectivity index (χ2n) is 10.7. The minimum Gasteiger partial charge on any atom is -0.425 e. The Bertz CT molecular complexity index is 1640. The first-order valence-corrected chi connectivity index (χ1v) is 16.8. The Morgan fingerprint density at radius 1 is 1.20 bits per heavy atom. The summed E-state index contributed by atoms with van der Waals surface area (Å²) in [6.45, 7) is 6.36. The average Bonchev–Trinajstić information content (AvgIpc) is 3.33. The third-order valence-electron chi connectivity index (χ3n) is 6.31. The molecular formula is C27H34N5O11S3+. The van der Waals surface area contributed by atoms with E-state index in [0.29, 0.717) is 5.75 Å². The molecule has 2 amide bonds. The Balaban J connectivity index is 0.000000489. The Labute approximate surface area is 272 Å². The highest BCUT2D eigenvalue weighted by atomic mass is 32.2. The molecule has 16 nitrogen and oxygen atoms in total. The van der Waals surface area contributed by atoms with E-state index >= 15 is 0 Å². The van der Waals surface area contributed by atoms with E-state index < -0.39 is 45.6 Å². The lowest BCUT2D eigenvalue weighted by Crippen LogP contribution is -2.62. The zero-order chi connectivity index (χ0) is 34.4. The van der Waals surface area contributed by atoms with Gasteiger partial charge in [-0.15, -0.1) is 11.8 Å². The molecule has 46 heavy (non-hydrogen) atoms. The first-order chi connectivity index (χ1) is 21.5. The molecule has 6 N–H and O–H groups in total. The Hall–Kier alpha value is -4.04. The number of nitrogens with zero attached hydrogens (tertiary/aromatic N) is 3. The second-order valence-corrected chi connectivity index (χ2v) is 14.2. The summed E-state index contributed by atoms with van der Waals surface area (Å²) in [5, 5.41) is 13.4. The molecule has 3 atom stereocenters. The number of β-lactam (4-membered cyclic amide) rings is 1. The molecule has 2 aliphatic heterocycles. The fourth-order valence-corrected chi connectivity index (χ4v) is 6.46. The lowest BCUT2D eigenvalue weighted by Gasteiger charge is -2.48. The molecule has 2 aromatic rings. The summed E-state index contributed by atoms with van der Waals surface area (Å²) in [7, 11) is -4.00. The molecule has 0 bridgehead atoms. The largest absolute Gasteiger partial charge is 0.425 e. The molecular weight excluding hydrogens is 667 g/mol. The van der Waals surface area contributed by atoms with Crippen molar-refractivity contribution >= 4 is 67.8 Å². The highest BCUT2D eigenvalue weighted by Crippen LogP contribution is 2.42. The molecule has 3 heterocycles. The van der Waals surface area contributed by atoms with E-state index in [0.717, 1.165) is 11.3 Å². The first kappa shape index (κ1) is 36.4. The number of ether oxygens (including phenoxy) is 3. The summed E-state index contributed by atoms with van der Waals surface area (Å²) in [5.41, 5.74) is 10.3. The number of primary amides is 1. The minimum atomic E-state index is -4.00. The van der Waals surface area contributed by atoms with E-state index in [1.807, 2.05) is 0 Å². The summed E-state index contributed by atoms with van der Waals surface area (Å²) in [6.07, 6.45) is 0.466. The lowest BCUT2D eigenvalue weighted by molar-refractivity contribution is -0.717. The Morgan fingerprint density at radius 2 is 1.85 bits per heavy atom. The third kappa shape index (κ3) is 8.81. The van der Waals surface area contributed by atoms with Crippen molar-refractivity contribution in [3.63, 3.8) is 0 Å². The number of amides is 2. The van der Waals surface area contributed by atoms with Crippen LogP contribution >= 0.6 is 23.1 Å². The monoisotopic (exact) mass is 700 g/mol. The molecule has 1 aromatic heterocycles. The van der Waals surface area contributed by atoms with Crippen molar-refractivity contribution in [3.05, 3.63) is 53.2 Å². The normalized spacial score (nSPS) is 18.6. The van der Waals surface area contributed by atoms with Crippen LogP contribution in [0.2, 0.25) is 0 Å². The van der Waals surface area contributed by atoms with Gasteiger partial charge in [-0.1, -0.05) is 34.7 Å². The number of thiazole rings is 1. The smallest absolute Gasteiger partial charge is 0.357 e. The number of rotatable bonds is 10. The zero-order valence-electron chi connectivity index (χ0n) is 25.2. The summed E-state index contributed by atoms with van der Waals surface area (Å²) < 4.78 is 46.7. The molecule has 2 unspecified atom stereocenters. The van der Waals surface area contributed by atoms with Gasteiger partial charge in [0, 0.05) is 18.1 Å². The van der Waals surface area contributed by atoms with Crippen molar-refractivity contribution in [2.45, 2.75) is 51.0 Å². The lowest BCUT2D eigenvalue weighted by atomic mass is 9.97. The fraction of sp³-hybridized carbons (Fsp3) is 0.407. The van der Waals surface area contributed by atoms with Crippen molar-refractivity contribution in [1.82, 2.24) is 4.90 Å². The Morgan fingerprint density at radius 3 is 2.39 bits per heavy atom. The van der Waals surface area contributed by atoms with Gasteiger partial charge in [0.05, 0.1) is 28.2 Å². The maximum atomic E-state index is 12.8. The topological polar surface area (TPSA) is 242 Å². The SMILES string of the molecule is CC(OC(=O)C1=CCS[C@H]2C(COC[n+]3c(/C(=N/O)C(N)=O)csc3N)C(=O)N12)OC(=O)C(C)(C)C.O=S(=O)(O)c1ccccc1. The van der Waals surface area contributed by atoms with Crippen molar-refractivity contribution in [1.29, 1.82) is 0 Å². The molecule has 250 valence electrons. The average molecular weight is 701 g/mol. The van der Waals surface area contributed by atoms with Crippen LogP contribution in [-0.2, 0) is 50.2 Å². The number of carbonyl (C=O) groups is 4. The molecule has 19 heteroatoms. The van der Waals surface area contributed by atoms with Gasteiger partial charge in [0.15, 0.2) is 12.4 Å². The first-order valence-electron chi connectivity index (χ1n) is 13.4. The van der Waals surface area contributed by atoms with Crippen LogP contribution in [0.25, 0.3) is 0 Å². The van der Waals surface area contributed by atoms with Gasteiger partial charge in [0.1, 0.15) is 5.70 Å². The van der Waals surface area contributed by atoms with Gasteiger partial charge >= 0.3 is 17.1 Å². The van der Waals surface area contributed by atoms with Crippen LogP contribution in [0.5, 0.6) is 0 Å². The molecule has 0 aliphatic carbocycles. The Kier molecular flexibility index (Phi) is 11.9. The van der Waals surface area contributed by atoms with Crippen LogP contribution in [0.1, 0.15) is 33.4 Å². The highest BCUT2D eigenvalue weighted by Gasteiger charge is 2.52. The summed E-state index contributed by atoms with van der Waals surface area (Å²) >= 11 is 2.55. The summed E-state index contributed by atoms with van der Waals surface area (Å²) in [5.74, 6) is -2.62. The van der Waals surface area contributed by atoms with E-state index in [-0.39, 0.29) is 51.7 Å². The van der Waals surface area contributed by atoms with E-state index in [2.05, 4.69) is 5.16 Å². The van der Waals surface area contributed by atoms with Crippen LogP contribution in [0.3, 0.4) is 0 Å². The summed E-state index contributed by atoms with van der Waals surface area (Å²) in [6, 6.07) is 7.42. The van der Waals surface area contributed by atoms with Crippen molar-refractivity contribution in [2.24, 2.45) is 22.2 Å². The molecule has 1 aromatic carbocycles. The third-order valence-corrected chi connectivity index (χ3v) is 9.22. The number of hydrogen-bond donors (Lipinski definition) is 4. The van der Waals surface area contributed by atoms with E-state index in [4.69, 9.17) is 35.4 Å². The van der Waals surface area contributed by atoms with Gasteiger partial charge < -0.3 is 25.2 Å². The highest BCUT2D eigenvalue weighted by molar-refractivity contribution is 8.00. The van der Waals surface area contributed by atoms with E-state index in [1.165, 1.54) is 45.7 Å². The van der Waals surface area contributed by atoms with Gasteiger partial charge in [-0.05, 0) is 39.0 Å². The maximum Gasteiger partial charge on any atom is 0.357 e. The van der Waals surface area contributed by atoms with Crippen LogP contribution in [0.4, 0.5) is 5.13 Å². The number of hydrogen-bond acceptors (Lipinski definition) is 14. The number of benzene rings is 1. The fourth-order valence-electron chi connectivity index (χ4n) is 3.96. The molecule has 0 saturated carbocycles. The minimum absolute atomic E-state index is 0.0127. The van der Waals surface area contributed by atoms with Gasteiger partial charge in [-0.2, -0.15) is 13.0 Å². The number of nitrogen functional groups attached to an aromatic ring is 1. The number of oxime groups is 1. The predicted octanol–water partition coefficient (Wildman–Crippen LogP) is 1.08. The van der Waals surface area contributed by atoms with Crippen LogP contribution in [-0.4, -0.2) is 76.6 Å². The van der Waals surface area contributed by atoms with E-state index in [1.54, 1.807) is 45.0 Å². The van der Waals surface area contributed by atoms with Crippen LogP contribution < -0.4 is 16.0 Å². The molecule has 1 saturated heterocycles. The second kappa shape index (κ2) is 15.0. The number of fused-ring (bicyclic) bond motifs is 1. The number of nitrogens with two attached hydrogens (primary N) is 2. The predicted molar refractivity (Wildman–Crippen MR) is 164 cm³/mol. The number of anilines is 1. The molecule has 2 aliphatic rings. The molecule has 0 radical (unpaired) electrons. The van der Waals surface area contributed by atoms with Crippen molar-refractivity contribution < 1.29 is 56.1 Å². The number of esters is 2. The van der Waals surface area contributed by atoms with Crippen molar-refractivity contribution in [2.75, 3.05) is 18.1 Å². The molecule has 0 spiro atoms. The van der Waals surface area contributed by atoms with Gasteiger partial charge in [0.25, 0.3) is 16.0 Å². The zero-order valence-corrected chi connectivity index (χ0v) is 27.6.